The Balaban J connectivity index is 1.46. The van der Waals surface area contributed by atoms with Gasteiger partial charge in [-0.1, -0.05) is 23.8 Å². The van der Waals surface area contributed by atoms with Crippen LogP contribution in [0, 0.1) is 23.2 Å². The molecule has 114 valence electrons. The summed E-state index contributed by atoms with van der Waals surface area (Å²) in [5.74, 6) is 2.74. The van der Waals surface area contributed by atoms with Gasteiger partial charge < -0.3 is 10.1 Å². The lowest BCUT2D eigenvalue weighted by atomic mass is 9.48. The van der Waals surface area contributed by atoms with Gasteiger partial charge in [0.25, 0.3) is 0 Å². The summed E-state index contributed by atoms with van der Waals surface area (Å²) in [4.78, 5) is 11.8. The Bertz CT molecular complexity index is 441. The van der Waals surface area contributed by atoms with E-state index in [0.717, 1.165) is 37.1 Å². The Morgan fingerprint density at radius 2 is 1.86 bits per heavy atom. The highest BCUT2D eigenvalue weighted by Crippen LogP contribution is 2.61. The molecule has 0 amide bonds. The van der Waals surface area contributed by atoms with Crippen LogP contribution in [-0.4, -0.2) is 18.9 Å². The van der Waals surface area contributed by atoms with Gasteiger partial charge in [-0.15, -0.1) is 0 Å². The van der Waals surface area contributed by atoms with E-state index < -0.39 is 0 Å². The average Bonchev–Trinajstić information content (AvgIpc) is 2.47. The molecule has 5 aliphatic rings. The zero-order valence-electron chi connectivity index (χ0n) is 12.9. The summed E-state index contributed by atoms with van der Waals surface area (Å²) in [7, 11) is 0. The SMILES string of the molecule is O=C[C@@H](NCC1=CC=CCC1)C12CC3CC(CC(C3)C1)C2. The zero-order chi connectivity index (χ0) is 14.3. The normalized spacial score (nSPS) is 41.9. The first-order valence-corrected chi connectivity index (χ1v) is 8.81. The van der Waals surface area contributed by atoms with E-state index >= 15 is 0 Å². The predicted molar refractivity (Wildman–Crippen MR) is 84.9 cm³/mol. The highest BCUT2D eigenvalue weighted by molar-refractivity contribution is 5.60. The highest BCUT2D eigenvalue weighted by atomic mass is 16.1. The van der Waals surface area contributed by atoms with E-state index in [2.05, 4.69) is 23.5 Å². The standard InChI is InChI=1S/C19H27NO/c21-13-18(20-12-14-4-2-1-3-5-14)19-9-15-6-16(10-19)8-17(7-15)11-19/h1-2,4,13,15-18,20H,3,5-12H2/t15?,16?,17?,18-,19?/m1/s1. The lowest BCUT2D eigenvalue weighted by molar-refractivity contribution is -0.121. The van der Waals surface area contributed by atoms with Gasteiger partial charge in [0, 0.05) is 6.54 Å². The van der Waals surface area contributed by atoms with E-state index in [1.807, 2.05) is 0 Å². The van der Waals surface area contributed by atoms with E-state index in [1.54, 1.807) is 0 Å². The Morgan fingerprint density at radius 3 is 2.38 bits per heavy atom. The van der Waals surface area contributed by atoms with E-state index in [1.165, 1.54) is 50.4 Å². The van der Waals surface area contributed by atoms with Crippen molar-refractivity contribution in [2.24, 2.45) is 23.2 Å². The Morgan fingerprint density at radius 1 is 1.19 bits per heavy atom. The molecule has 2 nitrogen and oxygen atoms in total. The van der Waals surface area contributed by atoms with Crippen LogP contribution in [0.1, 0.15) is 51.4 Å². The Labute approximate surface area is 128 Å². The lowest BCUT2D eigenvalue weighted by Crippen LogP contribution is -2.56. The topological polar surface area (TPSA) is 29.1 Å². The minimum Gasteiger partial charge on any atom is -0.303 e. The van der Waals surface area contributed by atoms with Gasteiger partial charge in [0.15, 0.2) is 0 Å². The molecule has 0 heterocycles. The van der Waals surface area contributed by atoms with Crippen molar-refractivity contribution in [1.29, 1.82) is 0 Å². The molecular weight excluding hydrogens is 258 g/mol. The molecule has 4 bridgehead atoms. The maximum atomic E-state index is 11.8. The van der Waals surface area contributed by atoms with E-state index in [4.69, 9.17) is 0 Å². The van der Waals surface area contributed by atoms with E-state index in [0.29, 0.717) is 5.41 Å². The average molecular weight is 285 g/mol. The summed E-state index contributed by atoms with van der Waals surface area (Å²) in [6, 6.07) is 0.0812. The van der Waals surface area contributed by atoms with Crippen LogP contribution < -0.4 is 5.32 Å². The van der Waals surface area contributed by atoms with E-state index in [-0.39, 0.29) is 6.04 Å². The molecule has 0 aliphatic heterocycles. The molecule has 5 aliphatic carbocycles. The summed E-state index contributed by atoms with van der Waals surface area (Å²) in [5, 5.41) is 3.63. The zero-order valence-corrected chi connectivity index (χ0v) is 12.9. The molecule has 2 heteroatoms. The van der Waals surface area contributed by atoms with Crippen molar-refractivity contribution >= 4 is 6.29 Å². The van der Waals surface area contributed by atoms with Crippen LogP contribution in [0.2, 0.25) is 0 Å². The number of carbonyl (C=O) groups is 1. The number of aldehydes is 1. The van der Waals surface area contributed by atoms with Crippen molar-refractivity contribution < 1.29 is 4.79 Å². The molecule has 5 rings (SSSR count). The summed E-state index contributed by atoms with van der Waals surface area (Å²) >= 11 is 0. The van der Waals surface area contributed by atoms with Crippen molar-refractivity contribution in [3.8, 4) is 0 Å². The van der Waals surface area contributed by atoms with Gasteiger partial charge in [0.1, 0.15) is 6.29 Å². The smallest absolute Gasteiger partial charge is 0.137 e. The highest BCUT2D eigenvalue weighted by Gasteiger charge is 2.54. The maximum Gasteiger partial charge on any atom is 0.137 e. The monoisotopic (exact) mass is 285 g/mol. The van der Waals surface area contributed by atoms with Crippen molar-refractivity contribution in [3.05, 3.63) is 23.8 Å². The minimum absolute atomic E-state index is 0.0812. The molecule has 0 unspecified atom stereocenters. The first kappa shape index (κ1) is 13.8. The van der Waals surface area contributed by atoms with Crippen LogP contribution in [-0.2, 0) is 4.79 Å². The molecule has 0 aromatic heterocycles. The van der Waals surface area contributed by atoms with Gasteiger partial charge in [-0.3, -0.25) is 0 Å². The molecule has 21 heavy (non-hydrogen) atoms. The molecule has 0 spiro atoms. The van der Waals surface area contributed by atoms with Gasteiger partial charge in [0.05, 0.1) is 6.04 Å². The number of carbonyl (C=O) groups excluding carboxylic acids is 1. The van der Waals surface area contributed by atoms with Crippen LogP contribution in [0.5, 0.6) is 0 Å². The molecule has 0 saturated heterocycles. The fourth-order valence-corrected chi connectivity index (χ4v) is 6.01. The second kappa shape index (κ2) is 5.39. The fraction of sp³-hybridized carbons (Fsp3) is 0.737. The summed E-state index contributed by atoms with van der Waals surface area (Å²) in [6.07, 6.45) is 18.4. The van der Waals surface area contributed by atoms with Gasteiger partial charge in [-0.05, 0) is 74.5 Å². The predicted octanol–water partition coefficient (Wildman–Crippen LogP) is 3.64. The minimum atomic E-state index is 0.0812. The van der Waals surface area contributed by atoms with Crippen molar-refractivity contribution in [2.75, 3.05) is 6.54 Å². The third kappa shape index (κ3) is 2.52. The van der Waals surface area contributed by atoms with Gasteiger partial charge in [-0.25, -0.2) is 0 Å². The number of nitrogens with one attached hydrogen (secondary N) is 1. The lowest BCUT2D eigenvalue weighted by Gasteiger charge is -2.58. The molecular formula is C19H27NO. The number of hydrogen-bond donors (Lipinski definition) is 1. The second-order valence-electron chi connectivity index (χ2n) is 8.07. The summed E-state index contributed by atoms with van der Waals surface area (Å²) in [5.41, 5.74) is 1.75. The van der Waals surface area contributed by atoms with E-state index in [9.17, 15) is 4.79 Å². The number of rotatable bonds is 5. The summed E-state index contributed by atoms with van der Waals surface area (Å²) in [6.45, 7) is 0.898. The second-order valence-corrected chi connectivity index (χ2v) is 8.07. The Kier molecular flexibility index (Phi) is 3.53. The van der Waals surface area contributed by atoms with Crippen LogP contribution in [0.3, 0.4) is 0 Å². The third-order valence-corrected chi connectivity index (χ3v) is 6.53. The van der Waals surface area contributed by atoms with Crippen LogP contribution in [0.25, 0.3) is 0 Å². The van der Waals surface area contributed by atoms with Crippen molar-refractivity contribution in [3.63, 3.8) is 0 Å². The molecule has 0 radical (unpaired) electrons. The van der Waals surface area contributed by atoms with Gasteiger partial charge in [0.2, 0.25) is 0 Å². The van der Waals surface area contributed by atoms with Gasteiger partial charge in [-0.2, -0.15) is 0 Å². The molecule has 4 saturated carbocycles. The number of allylic oxidation sites excluding steroid dienone is 3. The van der Waals surface area contributed by atoms with Crippen LogP contribution in [0.15, 0.2) is 23.8 Å². The van der Waals surface area contributed by atoms with Crippen molar-refractivity contribution in [1.82, 2.24) is 5.32 Å². The van der Waals surface area contributed by atoms with Crippen LogP contribution in [0.4, 0.5) is 0 Å². The molecule has 0 aromatic carbocycles. The molecule has 0 aromatic rings. The largest absolute Gasteiger partial charge is 0.303 e. The van der Waals surface area contributed by atoms with Crippen molar-refractivity contribution in [2.45, 2.75) is 57.4 Å². The molecule has 4 fully saturated rings. The maximum absolute atomic E-state index is 11.8. The summed E-state index contributed by atoms with van der Waals surface area (Å²) < 4.78 is 0. The molecule has 1 atom stereocenters. The quantitative estimate of drug-likeness (QED) is 0.781. The fourth-order valence-electron chi connectivity index (χ4n) is 6.01. The van der Waals surface area contributed by atoms with Gasteiger partial charge >= 0.3 is 0 Å². The number of hydrogen-bond acceptors (Lipinski definition) is 2. The van der Waals surface area contributed by atoms with Crippen LogP contribution >= 0.6 is 0 Å². The molecule has 1 N–H and O–H groups in total. The third-order valence-electron chi connectivity index (χ3n) is 6.53. The first-order valence-electron chi connectivity index (χ1n) is 8.81. The Hall–Kier alpha value is -0.890. The first-order chi connectivity index (χ1) is 10.3.